The third-order valence-electron chi connectivity index (χ3n) is 2.94. The molecule has 0 spiro atoms. The Kier molecular flexibility index (Phi) is 11.0. The van der Waals surface area contributed by atoms with Crippen molar-refractivity contribution in [2.75, 3.05) is 26.7 Å². The number of carbonyl (C=O) groups is 1. The molecule has 11 heteroatoms. The van der Waals surface area contributed by atoms with Gasteiger partial charge in [0.2, 0.25) is 5.91 Å². The highest BCUT2D eigenvalue weighted by Crippen LogP contribution is 2.29. The van der Waals surface area contributed by atoms with Crippen LogP contribution in [0, 0.1) is 5.92 Å². The smallest absolute Gasteiger partial charge is 0.356 e. The van der Waals surface area contributed by atoms with Crippen molar-refractivity contribution in [2.45, 2.75) is 26.4 Å². The van der Waals surface area contributed by atoms with Crippen LogP contribution < -0.4 is 16.0 Å². The number of alkyl halides is 3. The monoisotopic (exact) mass is 493 g/mol. The van der Waals surface area contributed by atoms with E-state index in [4.69, 9.17) is 0 Å². The van der Waals surface area contributed by atoms with Gasteiger partial charge in [-0.3, -0.25) is 9.79 Å². The molecular formula is C14H23F3IN5OS. The Bertz CT molecular complexity index is 563. The van der Waals surface area contributed by atoms with Crippen LogP contribution in [0.15, 0.2) is 10.4 Å². The maximum Gasteiger partial charge on any atom is 0.434 e. The second-order valence-corrected chi connectivity index (χ2v) is 6.19. The topological polar surface area (TPSA) is 78.4 Å². The normalized spacial score (nSPS) is 11.9. The standard InChI is InChI=1S/C14H22F3N5OS.HI/c1-9(2)12(23)19-6-7-21-13(18-3)20-5-4-11-22-10(8-24-11)14(15,16)17;/h8-9H,4-7H2,1-3H3,(H,19,23)(H2,18,20,21);1H. The van der Waals surface area contributed by atoms with Crippen LogP contribution in [0.4, 0.5) is 13.2 Å². The lowest BCUT2D eigenvalue weighted by Crippen LogP contribution is -2.42. The highest BCUT2D eigenvalue weighted by Gasteiger charge is 2.33. The SMILES string of the molecule is CN=C(NCCNC(=O)C(C)C)NCCc1nc(C(F)(F)F)cs1.I. The Balaban J connectivity index is 0.00000576. The summed E-state index contributed by atoms with van der Waals surface area (Å²) >= 11 is 0.984. The molecule has 6 nitrogen and oxygen atoms in total. The van der Waals surface area contributed by atoms with E-state index in [-0.39, 0.29) is 35.8 Å². The summed E-state index contributed by atoms with van der Waals surface area (Å²) in [5, 5.41) is 10.2. The number of rotatable bonds is 7. The molecule has 1 rings (SSSR count). The van der Waals surface area contributed by atoms with E-state index in [9.17, 15) is 18.0 Å². The van der Waals surface area contributed by atoms with Gasteiger partial charge in [-0.2, -0.15) is 13.2 Å². The van der Waals surface area contributed by atoms with Gasteiger partial charge in [0, 0.05) is 44.4 Å². The van der Waals surface area contributed by atoms with Gasteiger partial charge in [0.1, 0.15) is 0 Å². The van der Waals surface area contributed by atoms with E-state index in [1.807, 2.05) is 13.8 Å². The van der Waals surface area contributed by atoms with Crippen molar-refractivity contribution in [1.29, 1.82) is 0 Å². The fourth-order valence-corrected chi connectivity index (χ4v) is 2.44. The minimum Gasteiger partial charge on any atom is -0.356 e. The Hall–Kier alpha value is -1.11. The Morgan fingerprint density at radius 3 is 2.36 bits per heavy atom. The number of amides is 1. The summed E-state index contributed by atoms with van der Waals surface area (Å²) in [7, 11) is 1.59. The number of halogens is 4. The number of thiazole rings is 1. The van der Waals surface area contributed by atoms with E-state index >= 15 is 0 Å². The number of nitrogens with zero attached hydrogens (tertiary/aromatic N) is 2. The van der Waals surface area contributed by atoms with Crippen LogP contribution in [0.1, 0.15) is 24.5 Å². The first kappa shape index (κ1) is 23.9. The van der Waals surface area contributed by atoms with Crippen molar-refractivity contribution in [3.05, 3.63) is 16.1 Å². The molecule has 25 heavy (non-hydrogen) atoms. The molecule has 0 fully saturated rings. The van der Waals surface area contributed by atoms with Gasteiger partial charge < -0.3 is 16.0 Å². The third-order valence-corrected chi connectivity index (χ3v) is 3.85. The molecule has 0 saturated heterocycles. The average Bonchev–Trinajstić information content (AvgIpc) is 2.98. The van der Waals surface area contributed by atoms with Gasteiger partial charge >= 0.3 is 6.18 Å². The van der Waals surface area contributed by atoms with Crippen LogP contribution in [-0.2, 0) is 17.4 Å². The molecule has 3 N–H and O–H groups in total. The summed E-state index contributed by atoms with van der Waals surface area (Å²) in [6, 6.07) is 0. The fraction of sp³-hybridized carbons (Fsp3) is 0.643. The summed E-state index contributed by atoms with van der Waals surface area (Å²) < 4.78 is 37.4. The Morgan fingerprint density at radius 2 is 1.84 bits per heavy atom. The third kappa shape index (κ3) is 9.23. The van der Waals surface area contributed by atoms with Crippen LogP contribution in [0.5, 0.6) is 0 Å². The van der Waals surface area contributed by atoms with Crippen molar-refractivity contribution in [3.63, 3.8) is 0 Å². The number of nitrogens with one attached hydrogen (secondary N) is 3. The maximum absolute atomic E-state index is 12.5. The van der Waals surface area contributed by atoms with Crippen molar-refractivity contribution in [3.8, 4) is 0 Å². The first-order chi connectivity index (χ1) is 11.2. The highest BCUT2D eigenvalue weighted by molar-refractivity contribution is 14.0. The summed E-state index contributed by atoms with van der Waals surface area (Å²) in [5.41, 5.74) is -0.856. The van der Waals surface area contributed by atoms with Crippen molar-refractivity contribution in [1.82, 2.24) is 20.9 Å². The molecule has 1 heterocycles. The van der Waals surface area contributed by atoms with Crippen LogP contribution in [0.25, 0.3) is 0 Å². The molecule has 0 aromatic carbocycles. The lowest BCUT2D eigenvalue weighted by molar-refractivity contribution is -0.140. The zero-order valence-corrected chi connectivity index (χ0v) is 17.4. The Labute approximate surface area is 166 Å². The fourth-order valence-electron chi connectivity index (χ4n) is 1.64. The molecular weight excluding hydrogens is 470 g/mol. The summed E-state index contributed by atoms with van der Waals surface area (Å²) in [6.45, 7) is 4.98. The van der Waals surface area contributed by atoms with E-state index < -0.39 is 11.9 Å². The summed E-state index contributed by atoms with van der Waals surface area (Å²) in [5.74, 6) is 0.424. The van der Waals surface area contributed by atoms with Gasteiger partial charge in [-0.1, -0.05) is 13.8 Å². The largest absolute Gasteiger partial charge is 0.434 e. The molecule has 0 aliphatic heterocycles. The second kappa shape index (κ2) is 11.5. The molecule has 1 aromatic heterocycles. The average molecular weight is 493 g/mol. The van der Waals surface area contributed by atoms with Crippen LogP contribution >= 0.6 is 35.3 Å². The van der Waals surface area contributed by atoms with E-state index in [0.29, 0.717) is 37.0 Å². The Morgan fingerprint density at radius 1 is 1.24 bits per heavy atom. The molecule has 0 bridgehead atoms. The van der Waals surface area contributed by atoms with Crippen LogP contribution in [-0.4, -0.2) is 43.5 Å². The number of hydrogen-bond donors (Lipinski definition) is 3. The lowest BCUT2D eigenvalue weighted by atomic mass is 10.2. The minimum atomic E-state index is -4.40. The molecule has 0 radical (unpaired) electrons. The number of aromatic nitrogens is 1. The van der Waals surface area contributed by atoms with Crippen molar-refractivity contribution < 1.29 is 18.0 Å². The molecule has 0 aliphatic carbocycles. The second-order valence-electron chi connectivity index (χ2n) is 5.25. The molecule has 0 unspecified atom stereocenters. The summed E-state index contributed by atoms with van der Waals surface area (Å²) in [4.78, 5) is 18.9. The molecule has 1 aromatic rings. The molecule has 1 amide bonds. The zero-order chi connectivity index (χ0) is 18.2. The quantitative estimate of drug-likeness (QED) is 0.236. The van der Waals surface area contributed by atoms with Crippen LogP contribution in [0.2, 0.25) is 0 Å². The number of hydrogen-bond acceptors (Lipinski definition) is 4. The van der Waals surface area contributed by atoms with E-state index in [1.165, 1.54) is 0 Å². The number of aliphatic imine (C=N–C) groups is 1. The van der Waals surface area contributed by atoms with Crippen molar-refractivity contribution >= 4 is 47.2 Å². The van der Waals surface area contributed by atoms with Gasteiger partial charge in [-0.15, -0.1) is 35.3 Å². The van der Waals surface area contributed by atoms with Gasteiger partial charge in [-0.25, -0.2) is 4.98 Å². The van der Waals surface area contributed by atoms with Gasteiger partial charge in [0.05, 0.1) is 5.01 Å². The van der Waals surface area contributed by atoms with Gasteiger partial charge in [0.15, 0.2) is 11.7 Å². The van der Waals surface area contributed by atoms with E-state index in [0.717, 1.165) is 16.7 Å². The number of carbonyl (C=O) groups excluding carboxylic acids is 1. The maximum atomic E-state index is 12.5. The molecule has 0 saturated carbocycles. The first-order valence-electron chi connectivity index (χ1n) is 7.48. The predicted molar refractivity (Wildman–Crippen MR) is 103 cm³/mol. The van der Waals surface area contributed by atoms with E-state index in [2.05, 4.69) is 25.9 Å². The van der Waals surface area contributed by atoms with Crippen molar-refractivity contribution in [2.24, 2.45) is 10.9 Å². The van der Waals surface area contributed by atoms with Gasteiger partial charge in [-0.05, 0) is 0 Å². The van der Waals surface area contributed by atoms with Crippen LogP contribution in [0.3, 0.4) is 0 Å². The first-order valence-corrected chi connectivity index (χ1v) is 8.35. The number of guanidine groups is 1. The van der Waals surface area contributed by atoms with E-state index in [1.54, 1.807) is 7.05 Å². The zero-order valence-electron chi connectivity index (χ0n) is 14.2. The lowest BCUT2D eigenvalue weighted by Gasteiger charge is -2.12. The summed E-state index contributed by atoms with van der Waals surface area (Å²) in [6.07, 6.45) is -4.04. The molecule has 0 aliphatic rings. The predicted octanol–water partition coefficient (Wildman–Crippen LogP) is 2.26. The minimum absolute atomic E-state index is 0. The van der Waals surface area contributed by atoms with Gasteiger partial charge in [0.25, 0.3) is 0 Å². The highest BCUT2D eigenvalue weighted by atomic mass is 127. The molecule has 0 atom stereocenters. The molecule has 144 valence electrons.